The molecule has 0 aliphatic carbocycles. The summed E-state index contributed by atoms with van der Waals surface area (Å²) in [5.74, 6) is -3.25. The molecule has 4 unspecified atom stereocenters. The average Bonchev–Trinajstić information content (AvgIpc) is 4.11. The van der Waals surface area contributed by atoms with E-state index in [0.29, 0.717) is 0 Å². The normalized spacial score (nSPS) is 30.7. The monoisotopic (exact) mass is 1130 g/mol. The Labute approximate surface area is 413 Å². The molecular formula is C35H50N12O23P4. The molecule has 0 bridgehead atoms. The Morgan fingerprint density at radius 2 is 1.47 bits per heavy atom. The minimum atomic E-state index is -6.19. The number of ether oxygens (including phenoxy) is 4. The van der Waals surface area contributed by atoms with Gasteiger partial charge in [0.05, 0.1) is 57.7 Å². The van der Waals surface area contributed by atoms with Crippen LogP contribution in [0.3, 0.4) is 0 Å². The van der Waals surface area contributed by atoms with Gasteiger partial charge in [-0.1, -0.05) is 18.8 Å². The number of nitrogens with zero attached hydrogens (tertiary/aromatic N) is 8. The first kappa shape index (κ1) is 55.7. The number of nitrogen functional groups attached to an aromatic ring is 2. The lowest BCUT2D eigenvalue weighted by molar-refractivity contribution is -0.745. The summed E-state index contributed by atoms with van der Waals surface area (Å²) in [5.41, 5.74) is 7.53. The average molecular weight is 1130 g/mol. The van der Waals surface area contributed by atoms with Crippen molar-refractivity contribution >= 4 is 65.2 Å². The first-order valence-corrected chi connectivity index (χ1v) is 27.9. The van der Waals surface area contributed by atoms with Crippen LogP contribution < -0.4 is 37.7 Å². The van der Waals surface area contributed by atoms with E-state index >= 15 is 0 Å². The van der Waals surface area contributed by atoms with Gasteiger partial charge in [0.1, 0.15) is 50.1 Å². The smallest absolute Gasteiger partial charge is 0.490 e. The fraction of sp³-hybridized carbons (Fsp3) is 0.600. The molecule has 0 saturated carbocycles. The van der Waals surface area contributed by atoms with Crippen molar-refractivity contribution < 1.29 is 98.9 Å². The van der Waals surface area contributed by atoms with Crippen LogP contribution in [0.4, 0.5) is 11.8 Å². The quantitative estimate of drug-likeness (QED) is 0.0270. The number of H-pyrrole nitrogens is 2. The van der Waals surface area contributed by atoms with Gasteiger partial charge >= 0.3 is 34.8 Å². The summed E-state index contributed by atoms with van der Waals surface area (Å²) < 4.78 is 105. The van der Waals surface area contributed by atoms with Crippen LogP contribution in [0.15, 0.2) is 45.6 Å². The van der Waals surface area contributed by atoms with E-state index in [4.69, 9.17) is 44.0 Å². The summed E-state index contributed by atoms with van der Waals surface area (Å²) in [5, 5.41) is 32.8. The van der Waals surface area contributed by atoms with E-state index in [0.717, 1.165) is 23.2 Å². The van der Waals surface area contributed by atoms with Gasteiger partial charge in [-0.05, 0) is 5.92 Å². The van der Waals surface area contributed by atoms with Crippen LogP contribution in [-0.2, 0) is 66.4 Å². The molecule has 8 heterocycles. The minimum absolute atomic E-state index is 0.0187. The van der Waals surface area contributed by atoms with Crippen molar-refractivity contribution in [2.45, 2.75) is 74.8 Å². The number of nitrogens with one attached hydrogen (secondary N) is 2. The molecule has 35 nitrogen and oxygen atoms in total. The molecule has 0 aromatic carbocycles. The summed E-state index contributed by atoms with van der Waals surface area (Å²) in [7, 11) is -20.6. The SMILES string of the molecule is COC[C@H]1[C@@H](O)[C@H]([n+]2cn(C)c3c(=O)[nH]c(N)nc32)O[C@@H]1COP(=O)(O)OP(=O)(O)OP(=O)(O)OC[C@H]1O[C@@H](n2cnc3c(N)ncnc32)[C@H](C(C)C)[C@@H]1P(=O)([O-])OC[C@H]1O[C@@H](n2ccc(=O)[nH]c2=O)[C@H](O)[C@@H]1O. The maximum Gasteiger partial charge on any atom is 0.490 e. The van der Waals surface area contributed by atoms with E-state index in [9.17, 15) is 67.5 Å². The molecule has 39 heteroatoms. The third-order valence-electron chi connectivity index (χ3n) is 12.3. The highest BCUT2D eigenvalue weighted by Crippen LogP contribution is 2.68. The minimum Gasteiger partial charge on any atom is -0.778 e. The van der Waals surface area contributed by atoms with Crippen LogP contribution in [0.2, 0.25) is 0 Å². The number of aliphatic hydroxyl groups excluding tert-OH is 3. The summed E-state index contributed by atoms with van der Waals surface area (Å²) in [6.07, 6.45) is -9.72. The van der Waals surface area contributed by atoms with E-state index < -0.39 is 146 Å². The lowest BCUT2D eigenvalue weighted by atomic mass is 9.90. The second kappa shape index (κ2) is 21.1. The van der Waals surface area contributed by atoms with Gasteiger partial charge in [-0.15, -0.1) is 0 Å². The molecule has 5 aromatic heterocycles. The molecule has 0 amide bonds. The number of fused-ring (bicyclic) bond motifs is 2. The molecule has 16 atom stereocenters. The molecule has 3 fully saturated rings. The van der Waals surface area contributed by atoms with Crippen molar-refractivity contribution in [3.63, 3.8) is 0 Å². The Kier molecular flexibility index (Phi) is 15.9. The Balaban J connectivity index is 0.970. The number of phosphoric ester groups is 2. The molecule has 0 spiro atoms. The number of aliphatic hydroxyl groups is 3. The second-order valence-corrected chi connectivity index (χ2v) is 24.0. The standard InChI is InChI=1S/C35H50N12O23P4/c1-14(2)20-26(71(54,55)63-9-17-24(50)25(51)33(67-17)45-6-5-19(48)41-35(45)53)18(68-31(20)46-12-40-21-27(36)38-11-39-28(21)46)10-65-73(58,59)70-74(60,61)69-72(56,57)64-8-16-15(7-62-4)23(49)32(66-16)47-13-44(3)22-29(47)42-34(37)43-30(22)52/h5-6,11-18,20,23-26,31-33,49-51H,7-10H2,1-4H3,(H9-,36,37,38,39,41,42,43,48,52,53,54,55,56,57,58,59,60,61)/t15-,16-,17-,18-,20-,23-,24-,25-,26-,31-,32-,33-/m1/s1. The van der Waals surface area contributed by atoms with Gasteiger partial charge < -0.3 is 74.4 Å². The molecule has 3 saturated heterocycles. The molecular weight excluding hydrogens is 1080 g/mol. The first-order valence-electron chi connectivity index (χ1n) is 21.8. The molecule has 12 N–H and O–H groups in total. The van der Waals surface area contributed by atoms with Gasteiger partial charge in [-0.25, -0.2) is 38.0 Å². The van der Waals surface area contributed by atoms with Gasteiger partial charge in [-0.2, -0.15) is 8.62 Å². The number of rotatable bonds is 20. The van der Waals surface area contributed by atoms with Crippen molar-refractivity contribution in [2.24, 2.45) is 24.8 Å². The van der Waals surface area contributed by atoms with Gasteiger partial charge in [0.15, 0.2) is 24.0 Å². The number of aryl methyl sites for hydroxylation is 1. The zero-order valence-corrected chi connectivity index (χ0v) is 42.4. The van der Waals surface area contributed by atoms with Crippen LogP contribution in [-0.4, -0.2) is 149 Å². The fourth-order valence-corrected chi connectivity index (χ4v) is 14.6. The van der Waals surface area contributed by atoms with E-state index in [-0.39, 0.29) is 40.7 Å². The van der Waals surface area contributed by atoms with Gasteiger partial charge in [0.2, 0.25) is 11.7 Å². The summed E-state index contributed by atoms with van der Waals surface area (Å²) in [6, 6.07) is 0.932. The van der Waals surface area contributed by atoms with Crippen LogP contribution in [0, 0.1) is 17.8 Å². The van der Waals surface area contributed by atoms with E-state index in [1.165, 1.54) is 40.5 Å². The summed E-state index contributed by atoms with van der Waals surface area (Å²) >= 11 is 0. The van der Waals surface area contributed by atoms with E-state index in [2.05, 4.69) is 33.5 Å². The number of phosphoric acid groups is 3. The predicted octanol–water partition coefficient (Wildman–Crippen LogP) is -3.28. The topological polar surface area (TPSA) is 501 Å². The number of imidazole rings is 2. The Morgan fingerprint density at radius 3 is 2.12 bits per heavy atom. The van der Waals surface area contributed by atoms with Crippen LogP contribution in [0.5, 0.6) is 0 Å². The maximum atomic E-state index is 14.4. The number of hydrogen-bond acceptors (Lipinski definition) is 26. The van der Waals surface area contributed by atoms with Crippen LogP contribution >= 0.6 is 31.1 Å². The van der Waals surface area contributed by atoms with Crippen molar-refractivity contribution in [3.05, 3.63) is 62.4 Å². The predicted molar refractivity (Wildman–Crippen MR) is 241 cm³/mol. The number of hydrogen-bond donors (Lipinski definition) is 10. The first-order chi connectivity index (χ1) is 34.6. The summed E-state index contributed by atoms with van der Waals surface area (Å²) in [6.45, 7) is -0.313. The fourth-order valence-electron chi connectivity index (χ4n) is 9.03. The van der Waals surface area contributed by atoms with Crippen molar-refractivity contribution in [2.75, 3.05) is 45.0 Å². The molecule has 0 radical (unpaired) electrons. The molecule has 408 valence electrons. The van der Waals surface area contributed by atoms with Crippen molar-refractivity contribution in [3.8, 4) is 0 Å². The van der Waals surface area contributed by atoms with Gasteiger partial charge in [0.25, 0.3) is 17.1 Å². The third-order valence-corrected chi connectivity index (χ3v) is 18.4. The molecule has 5 aromatic rings. The molecule has 3 aliphatic heterocycles. The summed E-state index contributed by atoms with van der Waals surface area (Å²) in [4.78, 5) is 103. The highest BCUT2D eigenvalue weighted by Gasteiger charge is 2.55. The number of anilines is 2. The van der Waals surface area contributed by atoms with Crippen LogP contribution in [0.25, 0.3) is 22.3 Å². The lowest BCUT2D eigenvalue weighted by Crippen LogP contribution is -2.45. The highest BCUT2D eigenvalue weighted by molar-refractivity contribution is 7.66. The molecule has 3 aliphatic rings. The number of nitrogens with two attached hydrogens (primary N) is 2. The zero-order valence-electron chi connectivity index (χ0n) is 38.9. The van der Waals surface area contributed by atoms with Crippen molar-refractivity contribution in [1.82, 2.24) is 43.6 Å². The largest absolute Gasteiger partial charge is 0.778 e. The Morgan fingerprint density at radius 1 is 0.824 bits per heavy atom. The lowest BCUT2D eigenvalue weighted by Gasteiger charge is -2.37. The van der Waals surface area contributed by atoms with E-state index in [1.807, 2.05) is 4.98 Å². The van der Waals surface area contributed by atoms with Crippen molar-refractivity contribution in [1.29, 1.82) is 0 Å². The maximum absolute atomic E-state index is 14.4. The Bertz CT molecular complexity index is 3280. The van der Waals surface area contributed by atoms with E-state index in [1.54, 1.807) is 13.8 Å². The number of aromatic nitrogens is 10. The van der Waals surface area contributed by atoms with Gasteiger partial charge in [-0.3, -0.25) is 42.3 Å². The molecule has 74 heavy (non-hydrogen) atoms. The number of aromatic amines is 2. The van der Waals surface area contributed by atoms with Crippen LogP contribution in [0.1, 0.15) is 32.5 Å². The molecule has 8 rings (SSSR count). The highest BCUT2D eigenvalue weighted by atomic mass is 31.3. The second-order valence-electron chi connectivity index (χ2n) is 17.5. The Hall–Kier alpha value is -4.54. The number of methoxy groups -OCH3 is 1. The zero-order chi connectivity index (χ0) is 54.0. The third kappa shape index (κ3) is 11.3. The van der Waals surface area contributed by atoms with Gasteiger partial charge in [0, 0.05) is 31.2 Å².